The van der Waals surface area contributed by atoms with Gasteiger partial charge in [-0.15, -0.1) is 0 Å². The van der Waals surface area contributed by atoms with Crippen molar-refractivity contribution in [3.05, 3.63) is 29.8 Å². The van der Waals surface area contributed by atoms with Gasteiger partial charge in [-0.25, -0.2) is 4.79 Å². The number of phenols is 1. The lowest BCUT2D eigenvalue weighted by molar-refractivity contribution is 0.0497. The number of benzene rings is 1. The smallest absolute Gasteiger partial charge is 0.338 e. The summed E-state index contributed by atoms with van der Waals surface area (Å²) in [6.45, 7) is 4.51. The molecule has 0 radical (unpaired) electrons. The first-order chi connectivity index (χ1) is 13.2. The maximum absolute atomic E-state index is 11.8. The van der Waals surface area contributed by atoms with Gasteiger partial charge in [0, 0.05) is 13.2 Å². The molecule has 0 bridgehead atoms. The Bertz CT molecular complexity index is 470. The Kier molecular flexibility index (Phi) is 14.5. The highest BCUT2D eigenvalue weighted by molar-refractivity contribution is 5.89. The van der Waals surface area contributed by atoms with Gasteiger partial charge in [-0.3, -0.25) is 0 Å². The fourth-order valence-electron chi connectivity index (χ4n) is 2.95. The Morgan fingerprint density at radius 2 is 1.22 bits per heavy atom. The number of hydrogen-bond acceptors (Lipinski definition) is 4. The summed E-state index contributed by atoms with van der Waals surface area (Å²) in [5.41, 5.74) is 0.480. The number of ether oxygens (including phenoxy) is 2. The van der Waals surface area contributed by atoms with Gasteiger partial charge in [-0.2, -0.15) is 0 Å². The topological polar surface area (TPSA) is 55.8 Å². The van der Waals surface area contributed by atoms with E-state index in [1.54, 1.807) is 12.1 Å². The number of hydrogen-bond donors (Lipinski definition) is 1. The van der Waals surface area contributed by atoms with E-state index in [0.29, 0.717) is 12.2 Å². The first-order valence-corrected chi connectivity index (χ1v) is 10.8. The van der Waals surface area contributed by atoms with Gasteiger partial charge < -0.3 is 14.6 Å². The number of rotatable bonds is 17. The van der Waals surface area contributed by atoms with E-state index in [1.807, 2.05) is 0 Å². The standard InChI is InChI=1S/C23H38O4/c1-2-3-4-5-8-11-18-26-19-12-9-6-7-10-13-20-27-23(25)21-14-16-22(24)17-15-21/h14-17,24H,2-13,18-20H2,1H3. The van der Waals surface area contributed by atoms with E-state index in [0.717, 1.165) is 32.5 Å². The van der Waals surface area contributed by atoms with E-state index in [4.69, 9.17) is 9.47 Å². The van der Waals surface area contributed by atoms with Crippen LogP contribution in [0, 0.1) is 0 Å². The normalized spacial score (nSPS) is 10.9. The van der Waals surface area contributed by atoms with Crippen LogP contribution in [0.25, 0.3) is 0 Å². The van der Waals surface area contributed by atoms with E-state index >= 15 is 0 Å². The Labute approximate surface area is 165 Å². The summed E-state index contributed by atoms with van der Waals surface area (Å²) in [6, 6.07) is 6.14. The van der Waals surface area contributed by atoms with Gasteiger partial charge in [0.05, 0.1) is 12.2 Å². The number of carbonyl (C=O) groups is 1. The van der Waals surface area contributed by atoms with Crippen LogP contribution in [0.3, 0.4) is 0 Å². The summed E-state index contributed by atoms with van der Waals surface area (Å²) in [7, 11) is 0. The van der Waals surface area contributed by atoms with Crippen LogP contribution in [0.4, 0.5) is 0 Å². The number of esters is 1. The Balaban J connectivity index is 1.80. The molecular weight excluding hydrogens is 340 g/mol. The Morgan fingerprint density at radius 3 is 1.78 bits per heavy atom. The molecule has 0 aliphatic heterocycles. The minimum absolute atomic E-state index is 0.152. The second-order valence-electron chi connectivity index (χ2n) is 7.18. The van der Waals surface area contributed by atoms with Gasteiger partial charge in [0.15, 0.2) is 0 Å². The van der Waals surface area contributed by atoms with Gasteiger partial charge in [-0.05, 0) is 43.5 Å². The Morgan fingerprint density at radius 1 is 0.741 bits per heavy atom. The van der Waals surface area contributed by atoms with Crippen LogP contribution in [0.2, 0.25) is 0 Å². The van der Waals surface area contributed by atoms with Crippen LogP contribution in [-0.2, 0) is 9.47 Å². The predicted octanol–water partition coefficient (Wildman–Crippen LogP) is 6.27. The maximum atomic E-state index is 11.8. The molecule has 0 unspecified atom stereocenters. The van der Waals surface area contributed by atoms with Crippen LogP contribution < -0.4 is 0 Å². The molecule has 0 fully saturated rings. The first-order valence-electron chi connectivity index (χ1n) is 10.8. The first kappa shape index (κ1) is 23.5. The largest absolute Gasteiger partial charge is 0.508 e. The molecule has 154 valence electrons. The highest BCUT2D eigenvalue weighted by atomic mass is 16.5. The van der Waals surface area contributed by atoms with Crippen molar-refractivity contribution in [2.75, 3.05) is 19.8 Å². The lowest BCUT2D eigenvalue weighted by atomic mass is 10.1. The molecule has 0 saturated carbocycles. The van der Waals surface area contributed by atoms with Crippen molar-refractivity contribution in [1.82, 2.24) is 0 Å². The van der Waals surface area contributed by atoms with Crippen molar-refractivity contribution < 1.29 is 19.4 Å². The molecule has 0 aliphatic rings. The Hall–Kier alpha value is -1.55. The molecule has 0 aliphatic carbocycles. The lowest BCUT2D eigenvalue weighted by Gasteiger charge is -2.06. The fourth-order valence-corrected chi connectivity index (χ4v) is 2.95. The number of unbranched alkanes of at least 4 members (excludes halogenated alkanes) is 10. The lowest BCUT2D eigenvalue weighted by Crippen LogP contribution is -2.06. The molecule has 1 aromatic carbocycles. The zero-order valence-corrected chi connectivity index (χ0v) is 17.1. The molecule has 0 amide bonds. The molecule has 1 rings (SSSR count). The van der Waals surface area contributed by atoms with Crippen LogP contribution in [0.5, 0.6) is 5.75 Å². The van der Waals surface area contributed by atoms with E-state index in [-0.39, 0.29) is 11.7 Å². The van der Waals surface area contributed by atoms with Crippen LogP contribution >= 0.6 is 0 Å². The molecule has 0 saturated heterocycles. The van der Waals surface area contributed by atoms with Gasteiger partial charge >= 0.3 is 5.97 Å². The third-order valence-corrected chi connectivity index (χ3v) is 4.66. The summed E-state index contributed by atoms with van der Waals surface area (Å²) in [5.74, 6) is -0.170. The summed E-state index contributed by atoms with van der Waals surface area (Å²) >= 11 is 0. The molecule has 0 spiro atoms. The highest BCUT2D eigenvalue weighted by Crippen LogP contribution is 2.11. The van der Waals surface area contributed by atoms with Crippen molar-refractivity contribution in [3.8, 4) is 5.75 Å². The molecule has 0 atom stereocenters. The van der Waals surface area contributed by atoms with Gasteiger partial charge in [-0.1, -0.05) is 64.7 Å². The quantitative estimate of drug-likeness (QED) is 0.256. The highest BCUT2D eigenvalue weighted by Gasteiger charge is 2.06. The van der Waals surface area contributed by atoms with Gasteiger partial charge in [0.2, 0.25) is 0 Å². The number of carbonyl (C=O) groups excluding carboxylic acids is 1. The molecule has 4 heteroatoms. The summed E-state index contributed by atoms with van der Waals surface area (Å²) in [5, 5.41) is 9.20. The molecule has 4 nitrogen and oxygen atoms in total. The third-order valence-electron chi connectivity index (χ3n) is 4.66. The maximum Gasteiger partial charge on any atom is 0.338 e. The van der Waals surface area contributed by atoms with Crippen LogP contribution in [0.1, 0.15) is 94.3 Å². The molecule has 0 aromatic heterocycles. The van der Waals surface area contributed by atoms with Crippen molar-refractivity contribution in [1.29, 1.82) is 0 Å². The zero-order chi connectivity index (χ0) is 19.6. The second-order valence-corrected chi connectivity index (χ2v) is 7.18. The van der Waals surface area contributed by atoms with Crippen molar-refractivity contribution in [3.63, 3.8) is 0 Å². The second kappa shape index (κ2) is 16.6. The summed E-state index contributed by atoms with van der Waals surface area (Å²) < 4.78 is 10.9. The predicted molar refractivity (Wildman–Crippen MR) is 110 cm³/mol. The molecule has 1 N–H and O–H groups in total. The minimum Gasteiger partial charge on any atom is -0.508 e. The fraction of sp³-hybridized carbons (Fsp3) is 0.696. The average molecular weight is 379 g/mol. The molecule has 1 aromatic rings. The van der Waals surface area contributed by atoms with Crippen molar-refractivity contribution in [2.24, 2.45) is 0 Å². The monoisotopic (exact) mass is 378 g/mol. The van der Waals surface area contributed by atoms with Crippen molar-refractivity contribution >= 4 is 5.97 Å². The summed E-state index contributed by atoms with van der Waals surface area (Å²) in [4.78, 5) is 11.8. The molecule has 27 heavy (non-hydrogen) atoms. The zero-order valence-electron chi connectivity index (χ0n) is 17.1. The van der Waals surface area contributed by atoms with E-state index in [1.165, 1.54) is 69.9 Å². The van der Waals surface area contributed by atoms with E-state index in [2.05, 4.69) is 6.92 Å². The van der Waals surface area contributed by atoms with E-state index in [9.17, 15) is 9.90 Å². The van der Waals surface area contributed by atoms with Crippen LogP contribution in [-0.4, -0.2) is 30.9 Å². The average Bonchev–Trinajstić information content (AvgIpc) is 2.68. The molecule has 0 heterocycles. The van der Waals surface area contributed by atoms with Gasteiger partial charge in [0.1, 0.15) is 5.75 Å². The third kappa shape index (κ3) is 13.3. The number of phenolic OH excluding ortho intramolecular Hbond substituents is 1. The van der Waals surface area contributed by atoms with Crippen LogP contribution in [0.15, 0.2) is 24.3 Å². The minimum atomic E-state index is -0.322. The van der Waals surface area contributed by atoms with Crippen molar-refractivity contribution in [2.45, 2.75) is 84.0 Å². The van der Waals surface area contributed by atoms with E-state index < -0.39 is 0 Å². The van der Waals surface area contributed by atoms with Gasteiger partial charge in [0.25, 0.3) is 0 Å². The summed E-state index contributed by atoms with van der Waals surface area (Å²) in [6.07, 6.45) is 14.6. The molecular formula is C23H38O4. The number of aromatic hydroxyl groups is 1. The SMILES string of the molecule is CCCCCCCCOCCCCCCCCOC(=O)c1ccc(O)cc1.